The van der Waals surface area contributed by atoms with Gasteiger partial charge >= 0.3 is 5.97 Å². The molecular formula is C22H19N3O5. The van der Waals surface area contributed by atoms with Gasteiger partial charge in [0.15, 0.2) is 23.1 Å². The van der Waals surface area contributed by atoms with E-state index in [0.29, 0.717) is 22.6 Å². The molecule has 152 valence electrons. The SMILES string of the molecule is COc1ccc(C=CC(=O)OCC(O)=C(C#N)c2nc3ccccc3[nH]2)cc1OC. The lowest BCUT2D eigenvalue weighted by Crippen LogP contribution is -2.06. The minimum Gasteiger partial charge on any atom is -0.507 e. The summed E-state index contributed by atoms with van der Waals surface area (Å²) in [7, 11) is 3.05. The monoisotopic (exact) mass is 405 g/mol. The Morgan fingerprint density at radius 2 is 1.97 bits per heavy atom. The Kier molecular flexibility index (Phi) is 6.35. The number of allylic oxidation sites excluding steroid dienone is 1. The number of aromatic nitrogens is 2. The lowest BCUT2D eigenvalue weighted by atomic mass is 10.2. The van der Waals surface area contributed by atoms with Gasteiger partial charge in [-0.15, -0.1) is 0 Å². The molecule has 0 radical (unpaired) electrons. The quantitative estimate of drug-likeness (QED) is 0.267. The van der Waals surface area contributed by atoms with Gasteiger partial charge in [-0.05, 0) is 35.9 Å². The molecular weight excluding hydrogens is 386 g/mol. The molecule has 8 heteroatoms. The first-order chi connectivity index (χ1) is 14.5. The average molecular weight is 405 g/mol. The summed E-state index contributed by atoms with van der Waals surface area (Å²) in [5.41, 5.74) is 1.98. The number of imidazole rings is 1. The second-order valence-corrected chi connectivity index (χ2v) is 6.09. The van der Waals surface area contributed by atoms with E-state index in [1.807, 2.05) is 18.2 Å². The molecule has 1 aromatic heterocycles. The normalized spacial score (nSPS) is 11.8. The van der Waals surface area contributed by atoms with Gasteiger partial charge in [-0.3, -0.25) is 0 Å². The fraction of sp³-hybridized carbons (Fsp3) is 0.136. The van der Waals surface area contributed by atoms with Crippen LogP contribution in [0.1, 0.15) is 11.4 Å². The third kappa shape index (κ3) is 4.59. The number of para-hydroxylation sites is 2. The predicted octanol–water partition coefficient (Wildman–Crippen LogP) is 3.63. The van der Waals surface area contributed by atoms with Crippen LogP contribution in [0, 0.1) is 11.3 Å². The first kappa shape index (κ1) is 20.5. The molecule has 0 saturated carbocycles. The van der Waals surface area contributed by atoms with Crippen molar-refractivity contribution in [1.29, 1.82) is 5.26 Å². The standard InChI is InChI=1S/C22H19N3O5/c1-28-19-9-7-14(11-20(19)29-2)8-10-21(27)30-13-18(26)15(12-23)22-24-16-5-3-4-6-17(16)25-22/h3-11,26H,13H2,1-2H3,(H,24,25). The van der Waals surface area contributed by atoms with Crippen LogP contribution in [0.25, 0.3) is 22.7 Å². The summed E-state index contributed by atoms with van der Waals surface area (Å²) >= 11 is 0. The molecule has 3 rings (SSSR count). The molecule has 8 nitrogen and oxygen atoms in total. The molecule has 0 aliphatic rings. The highest BCUT2D eigenvalue weighted by molar-refractivity contribution is 5.87. The first-order valence-corrected chi connectivity index (χ1v) is 8.90. The Balaban J connectivity index is 1.68. The number of esters is 1. The number of aliphatic hydroxyl groups is 1. The van der Waals surface area contributed by atoms with E-state index in [1.165, 1.54) is 26.4 Å². The highest BCUT2D eigenvalue weighted by Gasteiger charge is 2.14. The average Bonchev–Trinajstić information content (AvgIpc) is 3.20. The maximum Gasteiger partial charge on any atom is 0.331 e. The Morgan fingerprint density at radius 1 is 1.20 bits per heavy atom. The Bertz CT molecular complexity index is 1140. The van der Waals surface area contributed by atoms with E-state index in [2.05, 4.69) is 9.97 Å². The second kappa shape index (κ2) is 9.30. The van der Waals surface area contributed by atoms with Crippen molar-refractivity contribution in [3.05, 3.63) is 65.7 Å². The van der Waals surface area contributed by atoms with Crippen LogP contribution in [0.2, 0.25) is 0 Å². The summed E-state index contributed by atoms with van der Waals surface area (Å²) in [5.74, 6) is 0.218. The molecule has 0 atom stereocenters. The van der Waals surface area contributed by atoms with E-state index in [-0.39, 0.29) is 11.4 Å². The number of nitrogens with one attached hydrogen (secondary N) is 1. The maximum absolute atomic E-state index is 12.0. The second-order valence-electron chi connectivity index (χ2n) is 6.09. The summed E-state index contributed by atoms with van der Waals surface area (Å²) < 4.78 is 15.4. The molecule has 3 aromatic rings. The van der Waals surface area contributed by atoms with Crippen LogP contribution in [0.5, 0.6) is 11.5 Å². The predicted molar refractivity (Wildman–Crippen MR) is 111 cm³/mol. The summed E-state index contributed by atoms with van der Waals surface area (Å²) in [6.07, 6.45) is 2.75. The number of carbonyl (C=O) groups is 1. The van der Waals surface area contributed by atoms with Crippen LogP contribution in [0.4, 0.5) is 0 Å². The van der Waals surface area contributed by atoms with Gasteiger partial charge in [-0.1, -0.05) is 18.2 Å². The molecule has 1 heterocycles. The van der Waals surface area contributed by atoms with Gasteiger partial charge in [-0.2, -0.15) is 5.26 Å². The Morgan fingerprint density at radius 3 is 2.67 bits per heavy atom. The van der Waals surface area contributed by atoms with Gasteiger partial charge in [0.1, 0.15) is 18.2 Å². The Labute approximate surface area is 172 Å². The van der Waals surface area contributed by atoms with Gasteiger partial charge in [0, 0.05) is 6.08 Å². The zero-order chi connectivity index (χ0) is 21.5. The van der Waals surface area contributed by atoms with Crippen molar-refractivity contribution in [3.63, 3.8) is 0 Å². The first-order valence-electron chi connectivity index (χ1n) is 8.90. The van der Waals surface area contributed by atoms with E-state index >= 15 is 0 Å². The molecule has 0 aliphatic carbocycles. The molecule has 0 saturated heterocycles. The van der Waals surface area contributed by atoms with Crippen molar-refractivity contribution < 1.29 is 24.1 Å². The molecule has 2 N–H and O–H groups in total. The number of hydrogen-bond donors (Lipinski definition) is 2. The summed E-state index contributed by atoms with van der Waals surface area (Å²) in [6.45, 7) is -0.463. The number of methoxy groups -OCH3 is 2. The van der Waals surface area contributed by atoms with Crippen LogP contribution in [0.15, 0.2) is 54.3 Å². The van der Waals surface area contributed by atoms with Crippen molar-refractivity contribution in [2.45, 2.75) is 0 Å². The largest absolute Gasteiger partial charge is 0.507 e. The van der Waals surface area contributed by atoms with Crippen LogP contribution >= 0.6 is 0 Å². The zero-order valence-corrected chi connectivity index (χ0v) is 16.4. The van der Waals surface area contributed by atoms with Crippen molar-refractivity contribution in [1.82, 2.24) is 9.97 Å². The third-order valence-electron chi connectivity index (χ3n) is 4.20. The highest BCUT2D eigenvalue weighted by atomic mass is 16.5. The molecule has 0 amide bonds. The van der Waals surface area contributed by atoms with E-state index in [0.717, 1.165) is 5.52 Å². The summed E-state index contributed by atoms with van der Waals surface area (Å²) in [5, 5.41) is 19.6. The van der Waals surface area contributed by atoms with E-state index in [9.17, 15) is 15.2 Å². The van der Waals surface area contributed by atoms with Crippen LogP contribution in [0.3, 0.4) is 0 Å². The van der Waals surface area contributed by atoms with Crippen LogP contribution in [-0.4, -0.2) is 41.9 Å². The number of aromatic amines is 1. The number of hydrogen-bond acceptors (Lipinski definition) is 7. The molecule has 30 heavy (non-hydrogen) atoms. The number of ether oxygens (including phenoxy) is 3. The third-order valence-corrected chi connectivity index (χ3v) is 4.20. The van der Waals surface area contributed by atoms with Crippen molar-refractivity contribution in [3.8, 4) is 17.6 Å². The van der Waals surface area contributed by atoms with Gasteiger partial charge in [0.2, 0.25) is 0 Å². The number of nitriles is 1. The van der Waals surface area contributed by atoms with E-state index < -0.39 is 18.3 Å². The number of H-pyrrole nitrogens is 1. The lowest BCUT2D eigenvalue weighted by Gasteiger charge is -2.07. The zero-order valence-electron chi connectivity index (χ0n) is 16.4. The number of aliphatic hydroxyl groups excluding tert-OH is 1. The van der Waals surface area contributed by atoms with Crippen LogP contribution in [-0.2, 0) is 9.53 Å². The summed E-state index contributed by atoms with van der Waals surface area (Å²) in [6, 6.07) is 14.3. The van der Waals surface area contributed by atoms with E-state index in [4.69, 9.17) is 14.2 Å². The van der Waals surface area contributed by atoms with Gasteiger partial charge < -0.3 is 24.3 Å². The molecule has 0 bridgehead atoms. The van der Waals surface area contributed by atoms with Gasteiger partial charge in [0.05, 0.1) is 25.3 Å². The Hall–Kier alpha value is -4.25. The minimum atomic E-state index is -0.682. The van der Waals surface area contributed by atoms with Gasteiger partial charge in [0.25, 0.3) is 0 Å². The fourth-order valence-corrected chi connectivity index (χ4v) is 2.71. The number of fused-ring (bicyclic) bond motifs is 1. The van der Waals surface area contributed by atoms with Crippen LogP contribution < -0.4 is 9.47 Å². The lowest BCUT2D eigenvalue weighted by molar-refractivity contribution is -0.137. The molecule has 0 spiro atoms. The number of carbonyl (C=O) groups excluding carboxylic acids is 1. The fourth-order valence-electron chi connectivity index (χ4n) is 2.71. The summed E-state index contributed by atoms with van der Waals surface area (Å²) in [4.78, 5) is 19.2. The topological polar surface area (TPSA) is 117 Å². The van der Waals surface area contributed by atoms with Crippen molar-refractivity contribution in [2.24, 2.45) is 0 Å². The molecule has 0 unspecified atom stereocenters. The van der Waals surface area contributed by atoms with E-state index in [1.54, 1.807) is 30.3 Å². The molecule has 2 aromatic carbocycles. The highest BCUT2D eigenvalue weighted by Crippen LogP contribution is 2.28. The smallest absolute Gasteiger partial charge is 0.331 e. The number of rotatable bonds is 7. The minimum absolute atomic E-state index is 0.0946. The van der Waals surface area contributed by atoms with Crippen molar-refractivity contribution in [2.75, 3.05) is 20.8 Å². The number of nitrogens with zero attached hydrogens (tertiary/aromatic N) is 2. The molecule has 0 aliphatic heterocycles. The molecule has 0 fully saturated rings. The maximum atomic E-state index is 12.0. The number of benzene rings is 2. The van der Waals surface area contributed by atoms with Gasteiger partial charge in [-0.25, -0.2) is 9.78 Å². The van der Waals surface area contributed by atoms with Crippen molar-refractivity contribution >= 4 is 28.7 Å².